The Morgan fingerprint density at radius 3 is 2.56 bits per heavy atom. The van der Waals surface area contributed by atoms with Crippen LogP contribution in [0.4, 0.5) is 20.4 Å². The molecule has 0 aliphatic rings. The highest BCUT2D eigenvalue weighted by atomic mass is 19.2. The van der Waals surface area contributed by atoms with E-state index in [1.807, 2.05) is 0 Å². The third kappa shape index (κ3) is 4.42. The van der Waals surface area contributed by atoms with Gasteiger partial charge in [0.1, 0.15) is 11.4 Å². The minimum Gasteiger partial charge on any atom is -0.484 e. The molecule has 0 radical (unpaired) electrons. The van der Waals surface area contributed by atoms with Crippen molar-refractivity contribution >= 4 is 17.5 Å². The number of anilines is 1. The van der Waals surface area contributed by atoms with Gasteiger partial charge in [0.2, 0.25) is 5.88 Å². The van der Waals surface area contributed by atoms with Crippen LogP contribution in [0.1, 0.15) is 0 Å². The number of ether oxygens (including phenoxy) is 1. The second-order valence-corrected chi connectivity index (χ2v) is 5.29. The summed E-state index contributed by atoms with van der Waals surface area (Å²) < 4.78 is 36.3. The molecule has 0 aliphatic heterocycles. The van der Waals surface area contributed by atoms with E-state index in [0.717, 1.165) is 12.1 Å². The minimum atomic E-state index is -1.03. The van der Waals surface area contributed by atoms with Gasteiger partial charge < -0.3 is 9.26 Å². The summed E-state index contributed by atoms with van der Waals surface area (Å²) >= 11 is 0. The molecule has 2 aromatic carbocycles. The molecule has 1 heterocycles. The second-order valence-electron chi connectivity index (χ2n) is 5.29. The molecule has 0 bridgehead atoms. The van der Waals surface area contributed by atoms with Gasteiger partial charge in [-0.15, -0.1) is 0 Å². The first-order valence-corrected chi connectivity index (χ1v) is 7.51. The van der Waals surface area contributed by atoms with Crippen LogP contribution in [0.15, 0.2) is 53.1 Å². The number of nitrogens with zero attached hydrogens (tertiary/aromatic N) is 2. The molecule has 1 amide bonds. The topological polar surface area (TPSA) is 108 Å². The number of carbonyl (C=O) groups is 1. The zero-order chi connectivity index (χ0) is 19.4. The number of rotatable bonds is 6. The monoisotopic (exact) mass is 375 g/mol. The Morgan fingerprint density at radius 2 is 1.89 bits per heavy atom. The maximum absolute atomic E-state index is 13.3. The molecule has 8 nitrogen and oxygen atoms in total. The molecule has 0 fully saturated rings. The van der Waals surface area contributed by atoms with E-state index in [1.165, 1.54) is 36.4 Å². The average molecular weight is 375 g/mol. The summed E-state index contributed by atoms with van der Waals surface area (Å²) in [5, 5.41) is 16.6. The number of aromatic nitrogens is 1. The van der Waals surface area contributed by atoms with Crippen LogP contribution in [-0.2, 0) is 4.79 Å². The van der Waals surface area contributed by atoms with Gasteiger partial charge in [-0.05, 0) is 30.3 Å². The molecule has 3 aromatic rings. The molecule has 27 heavy (non-hydrogen) atoms. The molecular weight excluding hydrogens is 364 g/mol. The van der Waals surface area contributed by atoms with Crippen LogP contribution in [0, 0.1) is 21.7 Å². The SMILES string of the molecule is O=C(COc1ccc([N+](=O)[O-])cc1)Nc1cc(-c2ccc(F)c(F)c2)no1. The molecule has 1 aromatic heterocycles. The van der Waals surface area contributed by atoms with Crippen molar-refractivity contribution in [2.75, 3.05) is 11.9 Å². The number of carbonyl (C=O) groups excluding carboxylic acids is 1. The van der Waals surface area contributed by atoms with Gasteiger partial charge in [0, 0.05) is 23.8 Å². The van der Waals surface area contributed by atoms with Crippen LogP contribution in [0.3, 0.4) is 0 Å². The summed E-state index contributed by atoms with van der Waals surface area (Å²) in [6.07, 6.45) is 0. The Labute approximate surface area is 150 Å². The van der Waals surface area contributed by atoms with E-state index < -0.39 is 22.5 Å². The number of nitro groups is 1. The second kappa shape index (κ2) is 7.60. The first kappa shape index (κ1) is 18.0. The number of amides is 1. The minimum absolute atomic E-state index is 0.00738. The van der Waals surface area contributed by atoms with E-state index >= 15 is 0 Å². The normalized spacial score (nSPS) is 10.4. The summed E-state index contributed by atoms with van der Waals surface area (Å²) in [6, 6.07) is 9.79. The van der Waals surface area contributed by atoms with Crippen molar-refractivity contribution in [3.63, 3.8) is 0 Å². The Hall–Kier alpha value is -3.82. The summed E-state index contributed by atoms with van der Waals surface area (Å²) in [7, 11) is 0. The number of halogens is 2. The third-order valence-corrected chi connectivity index (χ3v) is 3.41. The van der Waals surface area contributed by atoms with Crippen LogP contribution >= 0.6 is 0 Å². The van der Waals surface area contributed by atoms with Crippen molar-refractivity contribution in [1.29, 1.82) is 0 Å². The van der Waals surface area contributed by atoms with Gasteiger partial charge >= 0.3 is 0 Å². The van der Waals surface area contributed by atoms with Crippen molar-refractivity contribution in [2.45, 2.75) is 0 Å². The fourth-order valence-electron chi connectivity index (χ4n) is 2.11. The summed E-state index contributed by atoms with van der Waals surface area (Å²) in [5.74, 6) is -2.32. The number of hydrogen-bond donors (Lipinski definition) is 1. The zero-order valence-corrected chi connectivity index (χ0v) is 13.5. The van der Waals surface area contributed by atoms with E-state index in [1.54, 1.807) is 0 Å². The molecule has 0 atom stereocenters. The van der Waals surface area contributed by atoms with Gasteiger partial charge in [-0.1, -0.05) is 5.16 Å². The van der Waals surface area contributed by atoms with Crippen molar-refractivity contribution in [1.82, 2.24) is 5.16 Å². The molecule has 0 saturated carbocycles. The lowest BCUT2D eigenvalue weighted by molar-refractivity contribution is -0.384. The van der Waals surface area contributed by atoms with Gasteiger partial charge in [-0.3, -0.25) is 20.2 Å². The van der Waals surface area contributed by atoms with E-state index in [-0.39, 0.29) is 35.2 Å². The first-order chi connectivity index (χ1) is 12.9. The van der Waals surface area contributed by atoms with Crippen molar-refractivity contribution < 1.29 is 27.8 Å². The largest absolute Gasteiger partial charge is 0.484 e. The molecule has 138 valence electrons. The Bertz CT molecular complexity index is 988. The molecule has 0 spiro atoms. The molecule has 0 saturated heterocycles. The summed E-state index contributed by atoms with van der Waals surface area (Å²) in [6.45, 7) is -0.376. The predicted octanol–water partition coefficient (Wildman–Crippen LogP) is 3.55. The van der Waals surface area contributed by atoms with Crippen molar-refractivity contribution in [2.24, 2.45) is 0 Å². The van der Waals surface area contributed by atoms with Gasteiger partial charge in [-0.2, -0.15) is 0 Å². The quantitative estimate of drug-likeness (QED) is 0.521. The number of nitro benzene ring substituents is 1. The van der Waals surface area contributed by atoms with Gasteiger partial charge in [0.15, 0.2) is 18.2 Å². The molecule has 3 rings (SSSR count). The van der Waals surface area contributed by atoms with Crippen molar-refractivity contribution in [3.8, 4) is 17.0 Å². The third-order valence-electron chi connectivity index (χ3n) is 3.41. The molecular formula is C17H11F2N3O5. The Kier molecular flexibility index (Phi) is 5.06. The predicted molar refractivity (Wildman–Crippen MR) is 89.1 cm³/mol. The van der Waals surface area contributed by atoms with Crippen LogP contribution in [0.5, 0.6) is 5.75 Å². The zero-order valence-electron chi connectivity index (χ0n) is 13.5. The van der Waals surface area contributed by atoms with Crippen LogP contribution < -0.4 is 10.1 Å². The Morgan fingerprint density at radius 1 is 1.15 bits per heavy atom. The van der Waals surface area contributed by atoms with E-state index in [9.17, 15) is 23.7 Å². The summed E-state index contributed by atoms with van der Waals surface area (Å²) in [5.41, 5.74) is 0.388. The maximum Gasteiger partial charge on any atom is 0.269 e. The lowest BCUT2D eigenvalue weighted by Gasteiger charge is -2.05. The van der Waals surface area contributed by atoms with Crippen LogP contribution in [-0.4, -0.2) is 22.6 Å². The van der Waals surface area contributed by atoms with Gasteiger partial charge in [0.25, 0.3) is 11.6 Å². The Balaban J connectivity index is 1.57. The molecule has 0 aliphatic carbocycles. The number of benzene rings is 2. The smallest absolute Gasteiger partial charge is 0.269 e. The highest BCUT2D eigenvalue weighted by molar-refractivity contribution is 5.91. The number of nitrogens with one attached hydrogen (secondary N) is 1. The van der Waals surface area contributed by atoms with E-state index in [0.29, 0.717) is 0 Å². The lowest BCUT2D eigenvalue weighted by atomic mass is 10.1. The van der Waals surface area contributed by atoms with E-state index in [4.69, 9.17) is 9.26 Å². The highest BCUT2D eigenvalue weighted by Gasteiger charge is 2.12. The summed E-state index contributed by atoms with van der Waals surface area (Å²) in [4.78, 5) is 21.9. The van der Waals surface area contributed by atoms with Crippen LogP contribution in [0.25, 0.3) is 11.3 Å². The first-order valence-electron chi connectivity index (χ1n) is 7.51. The molecule has 10 heteroatoms. The van der Waals surface area contributed by atoms with Crippen LogP contribution in [0.2, 0.25) is 0 Å². The van der Waals surface area contributed by atoms with E-state index in [2.05, 4.69) is 10.5 Å². The van der Waals surface area contributed by atoms with Gasteiger partial charge in [-0.25, -0.2) is 8.78 Å². The molecule has 1 N–H and O–H groups in total. The average Bonchev–Trinajstić information content (AvgIpc) is 3.11. The van der Waals surface area contributed by atoms with Crippen molar-refractivity contribution in [3.05, 3.63) is 70.3 Å². The molecule has 0 unspecified atom stereocenters. The standard InChI is InChI=1S/C17H11F2N3O5/c18-13-6-1-10(7-14(13)19)15-8-17(27-21-15)20-16(23)9-26-12-4-2-11(3-5-12)22(24)25/h1-8H,9H2,(H,20,23). The van der Waals surface area contributed by atoms with Gasteiger partial charge in [0.05, 0.1) is 4.92 Å². The maximum atomic E-state index is 13.3. The fourth-order valence-corrected chi connectivity index (χ4v) is 2.11. The number of hydrogen-bond acceptors (Lipinski definition) is 6. The fraction of sp³-hybridized carbons (Fsp3) is 0.0588. The lowest BCUT2D eigenvalue weighted by Crippen LogP contribution is -2.19. The number of non-ortho nitro benzene ring substituents is 1. The highest BCUT2D eigenvalue weighted by Crippen LogP contribution is 2.23.